The van der Waals surface area contributed by atoms with Crippen molar-refractivity contribution in [3.8, 4) is 0 Å². The summed E-state index contributed by atoms with van der Waals surface area (Å²) in [4.78, 5) is 1.55. The molecule has 0 fully saturated rings. The average Bonchev–Trinajstić information content (AvgIpc) is 2.33. The fourth-order valence-corrected chi connectivity index (χ4v) is 1.75. The van der Waals surface area contributed by atoms with E-state index in [9.17, 15) is 13.2 Å². The van der Waals surface area contributed by atoms with E-state index in [2.05, 4.69) is 0 Å². The van der Waals surface area contributed by atoms with Crippen molar-refractivity contribution in [3.05, 3.63) is 35.9 Å². The van der Waals surface area contributed by atoms with Gasteiger partial charge in [0, 0.05) is 13.1 Å². The maximum atomic E-state index is 12.6. The quantitative estimate of drug-likeness (QED) is 0.617. The lowest BCUT2D eigenvalue weighted by atomic mass is 10.1. The minimum atomic E-state index is -4.47. The SMILES string of the molecule is CN(CCc1ccccc1)CC(C(=N)N)C(F)(F)F. The zero-order chi connectivity index (χ0) is 14.5. The van der Waals surface area contributed by atoms with Crippen molar-refractivity contribution in [2.75, 3.05) is 20.1 Å². The largest absolute Gasteiger partial charge is 0.399 e. The van der Waals surface area contributed by atoms with E-state index in [1.165, 1.54) is 0 Å². The van der Waals surface area contributed by atoms with Gasteiger partial charge in [-0.3, -0.25) is 5.41 Å². The van der Waals surface area contributed by atoms with Gasteiger partial charge in [0.2, 0.25) is 0 Å². The highest BCUT2D eigenvalue weighted by atomic mass is 19.4. The molecule has 1 aromatic carbocycles. The molecule has 6 heteroatoms. The van der Waals surface area contributed by atoms with E-state index in [1.54, 1.807) is 11.9 Å². The molecule has 0 amide bonds. The molecular formula is C13H18F3N3. The summed E-state index contributed by atoms with van der Waals surface area (Å²) < 4.78 is 37.9. The van der Waals surface area contributed by atoms with Crippen molar-refractivity contribution in [3.63, 3.8) is 0 Å². The van der Waals surface area contributed by atoms with Crippen molar-refractivity contribution in [2.45, 2.75) is 12.6 Å². The van der Waals surface area contributed by atoms with Crippen LogP contribution in [0.15, 0.2) is 30.3 Å². The Morgan fingerprint density at radius 1 is 1.32 bits per heavy atom. The molecule has 3 N–H and O–H groups in total. The van der Waals surface area contributed by atoms with Crippen LogP contribution in [-0.4, -0.2) is 37.0 Å². The van der Waals surface area contributed by atoms with Crippen molar-refractivity contribution in [2.24, 2.45) is 11.7 Å². The normalized spacial score (nSPS) is 13.5. The number of nitrogens with two attached hydrogens (primary N) is 1. The van der Waals surface area contributed by atoms with E-state index in [0.29, 0.717) is 13.0 Å². The second-order valence-corrected chi connectivity index (χ2v) is 4.55. The third-order valence-electron chi connectivity index (χ3n) is 2.89. The molecule has 1 aromatic rings. The first-order valence-corrected chi connectivity index (χ1v) is 5.94. The summed E-state index contributed by atoms with van der Waals surface area (Å²) in [5.74, 6) is -2.73. The monoisotopic (exact) mass is 273 g/mol. The summed E-state index contributed by atoms with van der Waals surface area (Å²) in [7, 11) is 1.60. The number of hydrogen-bond acceptors (Lipinski definition) is 2. The zero-order valence-electron chi connectivity index (χ0n) is 10.7. The molecule has 1 rings (SSSR count). The summed E-state index contributed by atoms with van der Waals surface area (Å²) in [6, 6.07) is 9.54. The number of likely N-dealkylation sites (N-methyl/N-ethyl adjacent to an activating group) is 1. The van der Waals surface area contributed by atoms with Crippen LogP contribution in [0.3, 0.4) is 0 Å². The van der Waals surface area contributed by atoms with Crippen molar-refractivity contribution in [1.82, 2.24) is 4.90 Å². The molecule has 0 radical (unpaired) electrons. The summed E-state index contributed by atoms with van der Waals surface area (Å²) in [6.45, 7) is 0.204. The van der Waals surface area contributed by atoms with Gasteiger partial charge in [0.1, 0.15) is 11.8 Å². The minimum Gasteiger partial charge on any atom is -0.387 e. The summed E-state index contributed by atoms with van der Waals surface area (Å²) in [5, 5.41) is 7.03. The summed E-state index contributed by atoms with van der Waals surface area (Å²) in [5.41, 5.74) is 6.09. The molecule has 0 spiro atoms. The van der Waals surface area contributed by atoms with Gasteiger partial charge in [-0.1, -0.05) is 30.3 Å². The Morgan fingerprint density at radius 3 is 2.37 bits per heavy atom. The van der Waals surface area contributed by atoms with Crippen LogP contribution in [0.4, 0.5) is 13.2 Å². The number of alkyl halides is 3. The van der Waals surface area contributed by atoms with Crippen LogP contribution in [0.5, 0.6) is 0 Å². The van der Waals surface area contributed by atoms with Gasteiger partial charge in [0.25, 0.3) is 0 Å². The molecule has 0 bridgehead atoms. The minimum absolute atomic E-state index is 0.286. The van der Waals surface area contributed by atoms with Gasteiger partial charge in [-0.05, 0) is 19.0 Å². The molecule has 1 unspecified atom stereocenters. The summed E-state index contributed by atoms with van der Waals surface area (Å²) in [6.07, 6.45) is -3.80. The first-order valence-electron chi connectivity index (χ1n) is 5.94. The van der Waals surface area contributed by atoms with Gasteiger partial charge in [-0.15, -0.1) is 0 Å². The molecule has 0 heterocycles. The highest BCUT2D eigenvalue weighted by Gasteiger charge is 2.42. The fourth-order valence-electron chi connectivity index (χ4n) is 1.75. The van der Waals surface area contributed by atoms with Gasteiger partial charge in [-0.2, -0.15) is 13.2 Å². The van der Waals surface area contributed by atoms with Gasteiger partial charge < -0.3 is 10.6 Å². The fraction of sp³-hybridized carbons (Fsp3) is 0.462. The van der Waals surface area contributed by atoms with Crippen LogP contribution in [0.2, 0.25) is 0 Å². The Hall–Kier alpha value is -1.56. The molecule has 0 aliphatic carbocycles. The molecule has 1 atom stereocenters. The Kier molecular flexibility index (Phi) is 5.35. The Balaban J connectivity index is 2.50. The van der Waals surface area contributed by atoms with E-state index >= 15 is 0 Å². The molecule has 19 heavy (non-hydrogen) atoms. The number of rotatable bonds is 6. The van der Waals surface area contributed by atoms with Crippen molar-refractivity contribution in [1.29, 1.82) is 5.41 Å². The lowest BCUT2D eigenvalue weighted by molar-refractivity contribution is -0.159. The van der Waals surface area contributed by atoms with Gasteiger partial charge in [0.15, 0.2) is 0 Å². The molecule has 0 saturated heterocycles. The first-order chi connectivity index (χ1) is 8.80. The van der Waals surface area contributed by atoms with E-state index in [4.69, 9.17) is 11.1 Å². The van der Waals surface area contributed by atoms with E-state index < -0.39 is 17.9 Å². The van der Waals surface area contributed by atoms with Crippen molar-refractivity contribution >= 4 is 5.84 Å². The highest BCUT2D eigenvalue weighted by Crippen LogP contribution is 2.26. The number of nitrogens with zero attached hydrogens (tertiary/aromatic N) is 1. The molecule has 0 aliphatic heterocycles. The van der Waals surface area contributed by atoms with Gasteiger partial charge in [0.05, 0.1) is 0 Å². The summed E-state index contributed by atoms with van der Waals surface area (Å²) >= 11 is 0. The Morgan fingerprint density at radius 2 is 1.89 bits per heavy atom. The molecule has 0 aliphatic rings. The zero-order valence-corrected chi connectivity index (χ0v) is 10.7. The molecular weight excluding hydrogens is 255 g/mol. The van der Waals surface area contributed by atoms with E-state index in [1.807, 2.05) is 30.3 Å². The van der Waals surface area contributed by atoms with Gasteiger partial charge >= 0.3 is 6.18 Å². The second-order valence-electron chi connectivity index (χ2n) is 4.55. The molecule has 3 nitrogen and oxygen atoms in total. The highest BCUT2D eigenvalue weighted by molar-refractivity contribution is 5.80. The molecule has 106 valence electrons. The van der Waals surface area contributed by atoms with Crippen LogP contribution >= 0.6 is 0 Å². The second kappa shape index (κ2) is 6.56. The Labute approximate surface area is 110 Å². The lowest BCUT2D eigenvalue weighted by Gasteiger charge is -2.25. The number of nitrogens with one attached hydrogen (secondary N) is 1. The predicted molar refractivity (Wildman–Crippen MR) is 69.1 cm³/mol. The standard InChI is InChI=1S/C13H18F3N3/c1-19(8-7-10-5-3-2-4-6-10)9-11(12(17)18)13(14,15)16/h2-6,11H,7-9H2,1H3,(H3,17,18). The van der Waals surface area contributed by atoms with Crippen LogP contribution < -0.4 is 5.73 Å². The smallest absolute Gasteiger partial charge is 0.387 e. The predicted octanol–water partition coefficient (Wildman–Crippen LogP) is 2.28. The topological polar surface area (TPSA) is 53.1 Å². The van der Waals surface area contributed by atoms with Crippen LogP contribution in [0.1, 0.15) is 5.56 Å². The van der Waals surface area contributed by atoms with E-state index in [-0.39, 0.29) is 6.54 Å². The third kappa shape index (κ3) is 5.30. The van der Waals surface area contributed by atoms with Crippen LogP contribution in [0.25, 0.3) is 0 Å². The first kappa shape index (κ1) is 15.5. The van der Waals surface area contributed by atoms with Crippen LogP contribution in [0, 0.1) is 11.3 Å². The van der Waals surface area contributed by atoms with Gasteiger partial charge in [-0.25, -0.2) is 0 Å². The Bertz CT molecular complexity index is 403. The number of amidine groups is 1. The number of hydrogen-bond donors (Lipinski definition) is 2. The van der Waals surface area contributed by atoms with E-state index in [0.717, 1.165) is 5.56 Å². The number of benzene rings is 1. The maximum absolute atomic E-state index is 12.6. The number of halogens is 3. The molecule has 0 saturated carbocycles. The average molecular weight is 273 g/mol. The third-order valence-corrected chi connectivity index (χ3v) is 2.89. The lowest BCUT2D eigenvalue weighted by Crippen LogP contribution is -2.43. The van der Waals surface area contributed by atoms with Crippen LogP contribution in [-0.2, 0) is 6.42 Å². The maximum Gasteiger partial charge on any atom is 0.399 e. The molecule has 0 aromatic heterocycles. The van der Waals surface area contributed by atoms with Crippen molar-refractivity contribution < 1.29 is 13.2 Å².